The van der Waals surface area contributed by atoms with Crippen molar-refractivity contribution in [3.63, 3.8) is 0 Å². The quantitative estimate of drug-likeness (QED) is 0.184. The van der Waals surface area contributed by atoms with Crippen molar-refractivity contribution in [2.45, 2.75) is 19.3 Å². The fraction of sp³-hybridized carbons (Fsp3) is 0.0698. The first-order valence-electron chi connectivity index (χ1n) is 16.0. The van der Waals surface area contributed by atoms with Crippen LogP contribution >= 0.6 is 0 Å². The normalized spacial score (nSPS) is 13.6. The van der Waals surface area contributed by atoms with Crippen LogP contribution in [-0.4, -0.2) is 14.5 Å². The molecule has 0 fully saturated rings. The highest BCUT2D eigenvalue weighted by Crippen LogP contribution is 2.53. The average molecular weight is 606 g/mol. The van der Waals surface area contributed by atoms with Crippen LogP contribution in [0.3, 0.4) is 0 Å². The number of rotatable bonds is 2. The second kappa shape index (κ2) is 9.34. The Balaban J connectivity index is 1.45. The Bertz CT molecular complexity index is 2770. The van der Waals surface area contributed by atoms with Gasteiger partial charge in [-0.2, -0.15) is 0 Å². The van der Waals surface area contributed by atoms with Crippen molar-refractivity contribution in [3.8, 4) is 28.3 Å². The Morgan fingerprint density at radius 2 is 1.17 bits per heavy atom. The Morgan fingerprint density at radius 1 is 0.532 bits per heavy atom. The van der Waals surface area contributed by atoms with E-state index in [4.69, 9.17) is 9.97 Å². The van der Waals surface area contributed by atoms with Gasteiger partial charge in [-0.15, -0.1) is 0 Å². The second-order valence-corrected chi connectivity index (χ2v) is 13.1. The molecular weight excluding hydrogens is 577 g/mol. The molecule has 0 unspecified atom stereocenters. The molecule has 0 radical (unpaired) electrons. The average Bonchev–Trinajstić information content (AvgIpc) is 3.57. The standard InChI is InChI=1S/C43H28FN3/c1-43(2)35-14-8-7-13-33(35)37-36(43)24-23-32-31-21-17-26-10-4-6-12-30(26)40(31)47(41(32)37)42-45-38(27-15-19-28(44)20-16-27)34-22-18-25-9-3-5-11-29(25)39(34)46-42/h3-24H,1-2H3. The molecule has 0 saturated carbocycles. The van der Waals surface area contributed by atoms with E-state index >= 15 is 0 Å². The van der Waals surface area contributed by atoms with Crippen molar-refractivity contribution < 1.29 is 4.39 Å². The van der Waals surface area contributed by atoms with Gasteiger partial charge in [-0.05, 0) is 57.8 Å². The molecule has 1 aliphatic rings. The second-order valence-electron chi connectivity index (χ2n) is 13.1. The van der Waals surface area contributed by atoms with Gasteiger partial charge in [-0.3, -0.25) is 4.57 Å². The predicted molar refractivity (Wildman–Crippen MR) is 192 cm³/mol. The lowest BCUT2D eigenvalue weighted by atomic mass is 9.82. The number of halogens is 1. The molecule has 7 aromatic carbocycles. The summed E-state index contributed by atoms with van der Waals surface area (Å²) < 4.78 is 16.5. The molecule has 0 aliphatic heterocycles. The maximum atomic E-state index is 14.2. The van der Waals surface area contributed by atoms with Crippen LogP contribution in [0.1, 0.15) is 25.0 Å². The van der Waals surface area contributed by atoms with Gasteiger partial charge in [-0.1, -0.05) is 117 Å². The van der Waals surface area contributed by atoms with Crippen molar-refractivity contribution in [2.75, 3.05) is 0 Å². The topological polar surface area (TPSA) is 30.7 Å². The highest BCUT2D eigenvalue weighted by atomic mass is 19.1. The van der Waals surface area contributed by atoms with Crippen molar-refractivity contribution >= 4 is 54.3 Å². The summed E-state index contributed by atoms with van der Waals surface area (Å²) in [6, 6.07) is 45.6. The minimum atomic E-state index is -0.275. The molecular formula is C43H28FN3. The van der Waals surface area contributed by atoms with Gasteiger partial charge < -0.3 is 0 Å². The van der Waals surface area contributed by atoms with Gasteiger partial charge in [0.25, 0.3) is 0 Å². The summed E-state index contributed by atoms with van der Waals surface area (Å²) in [4.78, 5) is 10.9. The van der Waals surface area contributed by atoms with Crippen LogP contribution < -0.4 is 0 Å². The van der Waals surface area contributed by atoms with E-state index in [2.05, 4.69) is 128 Å². The summed E-state index contributed by atoms with van der Waals surface area (Å²) in [5.74, 6) is 0.323. The summed E-state index contributed by atoms with van der Waals surface area (Å²) >= 11 is 0. The van der Waals surface area contributed by atoms with Gasteiger partial charge in [0.05, 0.1) is 22.2 Å². The number of fused-ring (bicyclic) bond motifs is 12. The predicted octanol–water partition coefficient (Wildman–Crippen LogP) is 11.1. The van der Waals surface area contributed by atoms with E-state index in [0.717, 1.165) is 60.1 Å². The van der Waals surface area contributed by atoms with Gasteiger partial charge in [0.1, 0.15) is 5.82 Å². The summed E-state index contributed by atoms with van der Waals surface area (Å²) in [7, 11) is 0. The Kier molecular flexibility index (Phi) is 5.24. The van der Waals surface area contributed by atoms with Crippen LogP contribution in [-0.2, 0) is 5.41 Å². The molecule has 0 saturated heterocycles. The van der Waals surface area contributed by atoms with Gasteiger partial charge in [0, 0.05) is 43.5 Å². The third-order valence-electron chi connectivity index (χ3n) is 10.3. The lowest BCUT2D eigenvalue weighted by Crippen LogP contribution is -2.14. The SMILES string of the molecule is CC1(C)c2ccccc2-c2c1ccc1c3ccc4ccccc4c3n(-c3nc(-c4ccc(F)cc4)c4ccc5ccccc5c4n3)c21. The first kappa shape index (κ1) is 26.4. The molecule has 0 amide bonds. The molecule has 10 rings (SSSR count). The highest BCUT2D eigenvalue weighted by molar-refractivity contribution is 6.22. The van der Waals surface area contributed by atoms with Crippen molar-refractivity contribution in [1.82, 2.24) is 14.5 Å². The summed E-state index contributed by atoms with van der Waals surface area (Å²) in [5.41, 5.74) is 9.61. The number of aromatic nitrogens is 3. The van der Waals surface area contributed by atoms with E-state index in [0.29, 0.717) is 5.95 Å². The molecule has 9 aromatic rings. The molecule has 0 spiro atoms. The monoisotopic (exact) mass is 605 g/mol. The van der Waals surface area contributed by atoms with E-state index in [1.54, 1.807) is 0 Å². The van der Waals surface area contributed by atoms with Gasteiger partial charge in [-0.25, -0.2) is 14.4 Å². The third kappa shape index (κ3) is 3.55. The number of benzene rings is 7. The minimum absolute atomic E-state index is 0.164. The van der Waals surface area contributed by atoms with E-state index in [-0.39, 0.29) is 11.2 Å². The van der Waals surface area contributed by atoms with E-state index in [1.165, 1.54) is 39.8 Å². The zero-order chi connectivity index (χ0) is 31.4. The zero-order valence-electron chi connectivity index (χ0n) is 25.9. The van der Waals surface area contributed by atoms with Crippen LogP contribution in [0.15, 0.2) is 133 Å². The third-order valence-corrected chi connectivity index (χ3v) is 10.3. The molecule has 47 heavy (non-hydrogen) atoms. The summed E-state index contributed by atoms with van der Waals surface area (Å²) in [5, 5.41) is 7.73. The molecule has 0 bridgehead atoms. The Morgan fingerprint density at radius 3 is 1.98 bits per heavy atom. The molecule has 0 atom stereocenters. The smallest absolute Gasteiger partial charge is 0.235 e. The van der Waals surface area contributed by atoms with E-state index in [1.807, 2.05) is 12.1 Å². The first-order valence-corrected chi connectivity index (χ1v) is 16.0. The van der Waals surface area contributed by atoms with Crippen LogP contribution in [0.25, 0.3) is 82.6 Å². The van der Waals surface area contributed by atoms with E-state index < -0.39 is 0 Å². The molecule has 0 N–H and O–H groups in total. The van der Waals surface area contributed by atoms with E-state index in [9.17, 15) is 4.39 Å². The summed E-state index contributed by atoms with van der Waals surface area (Å²) in [6.45, 7) is 4.63. The van der Waals surface area contributed by atoms with Crippen LogP contribution in [0.2, 0.25) is 0 Å². The number of hydrogen-bond acceptors (Lipinski definition) is 2. The molecule has 3 nitrogen and oxygen atoms in total. The van der Waals surface area contributed by atoms with Gasteiger partial charge >= 0.3 is 0 Å². The number of nitrogens with zero attached hydrogens (tertiary/aromatic N) is 3. The molecule has 4 heteroatoms. The molecule has 2 heterocycles. The maximum Gasteiger partial charge on any atom is 0.235 e. The molecule has 222 valence electrons. The lowest BCUT2D eigenvalue weighted by Gasteiger charge is -2.21. The molecule has 2 aromatic heterocycles. The van der Waals surface area contributed by atoms with Gasteiger partial charge in [0.15, 0.2) is 0 Å². The van der Waals surface area contributed by atoms with Crippen molar-refractivity contribution in [2.24, 2.45) is 0 Å². The van der Waals surface area contributed by atoms with Crippen LogP contribution in [0.5, 0.6) is 0 Å². The van der Waals surface area contributed by atoms with Crippen LogP contribution in [0, 0.1) is 5.82 Å². The fourth-order valence-electron chi connectivity index (χ4n) is 8.03. The lowest BCUT2D eigenvalue weighted by molar-refractivity contribution is 0.628. The van der Waals surface area contributed by atoms with Gasteiger partial charge in [0.2, 0.25) is 5.95 Å². The number of hydrogen-bond donors (Lipinski definition) is 0. The largest absolute Gasteiger partial charge is 0.277 e. The Labute approximate surface area is 270 Å². The van der Waals surface area contributed by atoms with Crippen LogP contribution in [0.4, 0.5) is 4.39 Å². The first-order chi connectivity index (χ1) is 23.0. The fourth-order valence-corrected chi connectivity index (χ4v) is 8.03. The summed E-state index contributed by atoms with van der Waals surface area (Å²) in [6.07, 6.45) is 0. The highest BCUT2D eigenvalue weighted by Gasteiger charge is 2.38. The maximum absolute atomic E-state index is 14.2. The zero-order valence-corrected chi connectivity index (χ0v) is 25.9. The van der Waals surface area contributed by atoms with Crippen molar-refractivity contribution in [3.05, 3.63) is 150 Å². The minimum Gasteiger partial charge on any atom is -0.277 e. The Hall–Kier alpha value is -5.87. The van der Waals surface area contributed by atoms with Crippen molar-refractivity contribution in [1.29, 1.82) is 0 Å². The molecule has 1 aliphatic carbocycles.